The average molecular weight is 368 g/mol. The van der Waals surface area contributed by atoms with Gasteiger partial charge in [0.1, 0.15) is 9.84 Å². The van der Waals surface area contributed by atoms with Crippen molar-refractivity contribution in [2.75, 3.05) is 30.4 Å². The molecular formula is C18H29N3O3S. The Kier molecular flexibility index (Phi) is 7.40. The predicted molar refractivity (Wildman–Crippen MR) is 101 cm³/mol. The summed E-state index contributed by atoms with van der Waals surface area (Å²) in [6, 6.07) is 6.94. The summed E-state index contributed by atoms with van der Waals surface area (Å²) in [6.45, 7) is 3.23. The molecule has 25 heavy (non-hydrogen) atoms. The van der Waals surface area contributed by atoms with Crippen LogP contribution < -0.4 is 11.1 Å². The number of anilines is 1. The van der Waals surface area contributed by atoms with Crippen molar-refractivity contribution in [3.8, 4) is 0 Å². The van der Waals surface area contributed by atoms with Gasteiger partial charge in [-0.3, -0.25) is 9.69 Å². The van der Waals surface area contributed by atoms with E-state index >= 15 is 0 Å². The van der Waals surface area contributed by atoms with Gasteiger partial charge in [0.25, 0.3) is 0 Å². The molecule has 7 heteroatoms. The third-order valence-electron chi connectivity index (χ3n) is 4.46. The van der Waals surface area contributed by atoms with E-state index in [0.717, 1.165) is 25.9 Å². The molecule has 1 aromatic rings. The van der Waals surface area contributed by atoms with Crippen LogP contribution in [0.5, 0.6) is 0 Å². The first-order valence-corrected chi connectivity index (χ1v) is 10.9. The van der Waals surface area contributed by atoms with Gasteiger partial charge >= 0.3 is 0 Å². The molecule has 1 amide bonds. The Labute approximate surface area is 150 Å². The van der Waals surface area contributed by atoms with Crippen LogP contribution in [0.2, 0.25) is 0 Å². The summed E-state index contributed by atoms with van der Waals surface area (Å²) in [5, 5.41) is 2.75. The Balaban J connectivity index is 1.83. The highest BCUT2D eigenvalue weighted by molar-refractivity contribution is 7.90. The molecule has 0 radical (unpaired) electrons. The van der Waals surface area contributed by atoms with Gasteiger partial charge in [-0.15, -0.1) is 0 Å². The van der Waals surface area contributed by atoms with Crippen molar-refractivity contribution in [1.29, 1.82) is 0 Å². The van der Waals surface area contributed by atoms with E-state index in [1.54, 1.807) is 0 Å². The van der Waals surface area contributed by atoms with E-state index in [1.165, 1.54) is 31.2 Å². The molecule has 0 aromatic heterocycles. The normalized spacial score (nSPS) is 17.7. The first-order valence-electron chi connectivity index (χ1n) is 8.89. The third-order valence-corrected chi connectivity index (χ3v) is 5.44. The standard InChI is InChI=1S/C18H29N3O3S/c1-25(23,24)13-10-17(19)18(22)20-16-8-6-15(7-9-16)14-21-11-4-2-3-5-12-21/h6-9,17H,2-5,10-14,19H2,1H3,(H,20,22). The number of sulfone groups is 1. The molecule has 1 fully saturated rings. The number of nitrogens with one attached hydrogen (secondary N) is 1. The van der Waals surface area contributed by atoms with Crippen LogP contribution in [0.25, 0.3) is 0 Å². The van der Waals surface area contributed by atoms with E-state index in [9.17, 15) is 13.2 Å². The topological polar surface area (TPSA) is 92.5 Å². The maximum atomic E-state index is 12.0. The van der Waals surface area contributed by atoms with Crippen molar-refractivity contribution in [2.24, 2.45) is 5.73 Å². The lowest BCUT2D eigenvalue weighted by Gasteiger charge is -2.20. The first-order chi connectivity index (χ1) is 11.8. The van der Waals surface area contributed by atoms with E-state index in [0.29, 0.717) is 5.69 Å². The van der Waals surface area contributed by atoms with Crippen LogP contribution in [0.15, 0.2) is 24.3 Å². The molecule has 140 valence electrons. The highest BCUT2D eigenvalue weighted by Gasteiger charge is 2.16. The molecule has 1 unspecified atom stereocenters. The minimum Gasteiger partial charge on any atom is -0.325 e. The average Bonchev–Trinajstić information content (AvgIpc) is 2.82. The molecule has 1 heterocycles. The first kappa shape index (κ1) is 19.9. The lowest BCUT2D eigenvalue weighted by molar-refractivity contribution is -0.117. The number of rotatable bonds is 7. The number of amides is 1. The summed E-state index contributed by atoms with van der Waals surface area (Å²) in [5.41, 5.74) is 7.66. The Morgan fingerprint density at radius 2 is 1.76 bits per heavy atom. The Hall–Kier alpha value is -1.44. The number of hydrogen-bond acceptors (Lipinski definition) is 5. The maximum absolute atomic E-state index is 12.0. The van der Waals surface area contributed by atoms with Crippen LogP contribution in [0, 0.1) is 0 Å². The Morgan fingerprint density at radius 1 is 1.16 bits per heavy atom. The SMILES string of the molecule is CS(=O)(=O)CCC(N)C(=O)Nc1ccc(CN2CCCCCC2)cc1. The fraction of sp³-hybridized carbons (Fsp3) is 0.611. The number of carbonyl (C=O) groups excluding carboxylic acids is 1. The zero-order valence-electron chi connectivity index (χ0n) is 14.9. The van der Waals surface area contributed by atoms with E-state index in [-0.39, 0.29) is 18.1 Å². The van der Waals surface area contributed by atoms with Crippen molar-refractivity contribution >= 4 is 21.4 Å². The van der Waals surface area contributed by atoms with Gasteiger partial charge in [-0.25, -0.2) is 8.42 Å². The van der Waals surface area contributed by atoms with Crippen LogP contribution in [-0.4, -0.2) is 50.4 Å². The van der Waals surface area contributed by atoms with E-state index in [1.807, 2.05) is 24.3 Å². The zero-order valence-corrected chi connectivity index (χ0v) is 15.7. The molecule has 1 aliphatic rings. The summed E-state index contributed by atoms with van der Waals surface area (Å²) in [7, 11) is -3.11. The fourth-order valence-corrected chi connectivity index (χ4v) is 3.64. The van der Waals surface area contributed by atoms with Crippen molar-refractivity contribution in [1.82, 2.24) is 4.90 Å². The molecule has 1 atom stereocenters. The molecule has 3 N–H and O–H groups in total. The molecule has 1 aliphatic heterocycles. The quantitative estimate of drug-likeness (QED) is 0.766. The van der Waals surface area contributed by atoms with Crippen LogP contribution in [0.1, 0.15) is 37.7 Å². The second-order valence-corrected chi connectivity index (χ2v) is 9.16. The van der Waals surface area contributed by atoms with Gasteiger partial charge in [0.05, 0.1) is 11.8 Å². The van der Waals surface area contributed by atoms with Gasteiger partial charge in [-0.05, 0) is 50.0 Å². The van der Waals surface area contributed by atoms with Crippen molar-refractivity contribution in [3.05, 3.63) is 29.8 Å². The number of benzene rings is 1. The summed E-state index contributed by atoms with van der Waals surface area (Å²) in [4.78, 5) is 14.5. The second-order valence-electron chi connectivity index (χ2n) is 6.90. The summed E-state index contributed by atoms with van der Waals surface area (Å²) in [6.07, 6.45) is 6.43. The predicted octanol–water partition coefficient (Wildman–Crippen LogP) is 1.76. The minimum atomic E-state index is -3.11. The lowest BCUT2D eigenvalue weighted by Crippen LogP contribution is -2.37. The van der Waals surface area contributed by atoms with E-state index in [2.05, 4.69) is 10.2 Å². The Morgan fingerprint density at radius 3 is 2.32 bits per heavy atom. The lowest BCUT2D eigenvalue weighted by atomic mass is 10.1. The van der Waals surface area contributed by atoms with Crippen molar-refractivity contribution in [3.63, 3.8) is 0 Å². The van der Waals surface area contributed by atoms with Gasteiger partial charge in [0, 0.05) is 18.5 Å². The number of nitrogens with zero attached hydrogens (tertiary/aromatic N) is 1. The Bertz CT molecular complexity index is 651. The summed E-state index contributed by atoms with van der Waals surface area (Å²) in [5.74, 6) is -0.444. The molecule has 0 aliphatic carbocycles. The van der Waals surface area contributed by atoms with Gasteiger partial charge in [-0.1, -0.05) is 25.0 Å². The van der Waals surface area contributed by atoms with Gasteiger partial charge in [-0.2, -0.15) is 0 Å². The molecule has 0 bridgehead atoms. The highest BCUT2D eigenvalue weighted by Crippen LogP contribution is 2.15. The number of nitrogens with two attached hydrogens (primary N) is 1. The van der Waals surface area contributed by atoms with Crippen LogP contribution in [-0.2, 0) is 21.2 Å². The molecule has 2 rings (SSSR count). The summed E-state index contributed by atoms with van der Waals surface area (Å²) >= 11 is 0. The minimum absolute atomic E-state index is 0.0869. The molecular weight excluding hydrogens is 338 g/mol. The highest BCUT2D eigenvalue weighted by atomic mass is 32.2. The van der Waals surface area contributed by atoms with E-state index in [4.69, 9.17) is 5.73 Å². The molecule has 6 nitrogen and oxygen atoms in total. The van der Waals surface area contributed by atoms with Crippen LogP contribution in [0.3, 0.4) is 0 Å². The maximum Gasteiger partial charge on any atom is 0.241 e. The van der Waals surface area contributed by atoms with Gasteiger partial charge in [0.15, 0.2) is 0 Å². The zero-order chi connectivity index (χ0) is 18.3. The molecule has 1 aromatic carbocycles. The number of likely N-dealkylation sites (tertiary alicyclic amines) is 1. The van der Waals surface area contributed by atoms with Crippen molar-refractivity contribution in [2.45, 2.75) is 44.7 Å². The fourth-order valence-electron chi connectivity index (χ4n) is 2.95. The molecule has 0 spiro atoms. The third kappa shape index (κ3) is 7.54. The smallest absolute Gasteiger partial charge is 0.241 e. The van der Waals surface area contributed by atoms with Crippen molar-refractivity contribution < 1.29 is 13.2 Å². The van der Waals surface area contributed by atoms with Crippen LogP contribution in [0.4, 0.5) is 5.69 Å². The summed E-state index contributed by atoms with van der Waals surface area (Å²) < 4.78 is 22.3. The van der Waals surface area contributed by atoms with E-state index < -0.39 is 15.9 Å². The number of hydrogen-bond donors (Lipinski definition) is 2. The molecule has 1 saturated heterocycles. The number of carbonyl (C=O) groups is 1. The largest absolute Gasteiger partial charge is 0.325 e. The molecule has 0 saturated carbocycles. The van der Waals surface area contributed by atoms with Gasteiger partial charge in [0.2, 0.25) is 5.91 Å². The monoisotopic (exact) mass is 367 g/mol. The van der Waals surface area contributed by atoms with Gasteiger partial charge < -0.3 is 11.1 Å². The van der Waals surface area contributed by atoms with Crippen LogP contribution >= 0.6 is 0 Å². The second kappa shape index (κ2) is 9.31.